The molecule has 0 spiro atoms. The summed E-state index contributed by atoms with van der Waals surface area (Å²) in [7, 11) is 0. The fourth-order valence-electron chi connectivity index (χ4n) is 2.94. The summed E-state index contributed by atoms with van der Waals surface area (Å²) in [5.74, 6) is 0.192. The summed E-state index contributed by atoms with van der Waals surface area (Å²) in [5, 5.41) is 5.86. The van der Waals surface area contributed by atoms with Gasteiger partial charge in [-0.2, -0.15) is 0 Å². The van der Waals surface area contributed by atoms with Crippen LogP contribution in [0, 0.1) is 0 Å². The van der Waals surface area contributed by atoms with Crippen LogP contribution < -0.4 is 15.5 Å². The molecule has 1 aliphatic heterocycles. The van der Waals surface area contributed by atoms with Crippen molar-refractivity contribution in [2.24, 2.45) is 0 Å². The van der Waals surface area contributed by atoms with Crippen molar-refractivity contribution in [3.63, 3.8) is 0 Å². The van der Waals surface area contributed by atoms with Crippen molar-refractivity contribution in [1.82, 2.24) is 10.6 Å². The van der Waals surface area contributed by atoms with Crippen LogP contribution in [0.4, 0.5) is 10.5 Å². The number of carbonyl (C=O) groups is 2. The smallest absolute Gasteiger partial charge is 0.315 e. The molecule has 24 heavy (non-hydrogen) atoms. The molecular formula is C19H29N3O2. The minimum atomic E-state index is -0.127. The summed E-state index contributed by atoms with van der Waals surface area (Å²) in [4.78, 5) is 25.5. The van der Waals surface area contributed by atoms with Gasteiger partial charge in [-0.05, 0) is 37.5 Å². The van der Waals surface area contributed by atoms with Crippen LogP contribution in [0.15, 0.2) is 24.3 Å². The number of nitrogens with one attached hydrogen (secondary N) is 2. The lowest BCUT2D eigenvalue weighted by Gasteiger charge is -2.16. The van der Waals surface area contributed by atoms with E-state index in [1.165, 1.54) is 12.8 Å². The summed E-state index contributed by atoms with van der Waals surface area (Å²) in [5.41, 5.74) is 1.97. The van der Waals surface area contributed by atoms with Crippen LogP contribution in [0.3, 0.4) is 0 Å². The number of carbonyl (C=O) groups excluding carboxylic acids is 2. The molecule has 2 N–H and O–H groups in total. The lowest BCUT2D eigenvalue weighted by atomic mass is 10.1. The normalized spacial score (nSPS) is 15.4. The Hall–Kier alpha value is -2.04. The van der Waals surface area contributed by atoms with Gasteiger partial charge in [0.05, 0.1) is 0 Å². The maximum atomic E-state index is 11.9. The average Bonchev–Trinajstić information content (AvgIpc) is 3.00. The van der Waals surface area contributed by atoms with Gasteiger partial charge in [-0.15, -0.1) is 0 Å². The second-order valence-corrected chi connectivity index (χ2v) is 6.54. The molecule has 1 aromatic carbocycles. The summed E-state index contributed by atoms with van der Waals surface area (Å²) in [6, 6.07) is 7.90. The second kappa shape index (κ2) is 9.30. The second-order valence-electron chi connectivity index (χ2n) is 6.54. The van der Waals surface area contributed by atoms with E-state index >= 15 is 0 Å². The summed E-state index contributed by atoms with van der Waals surface area (Å²) >= 11 is 0. The molecular weight excluding hydrogens is 302 g/mol. The highest BCUT2D eigenvalue weighted by Gasteiger charge is 2.21. The third-order valence-electron chi connectivity index (χ3n) is 4.39. The van der Waals surface area contributed by atoms with E-state index in [0.717, 1.165) is 37.1 Å². The van der Waals surface area contributed by atoms with Crippen molar-refractivity contribution in [2.45, 2.75) is 65.0 Å². The van der Waals surface area contributed by atoms with Gasteiger partial charge in [0.1, 0.15) is 0 Å². The largest absolute Gasteiger partial charge is 0.336 e. The van der Waals surface area contributed by atoms with Crippen molar-refractivity contribution in [1.29, 1.82) is 0 Å². The summed E-state index contributed by atoms with van der Waals surface area (Å²) in [6.45, 7) is 5.50. The Morgan fingerprint density at radius 1 is 1.25 bits per heavy atom. The zero-order chi connectivity index (χ0) is 17.4. The van der Waals surface area contributed by atoms with E-state index in [9.17, 15) is 9.59 Å². The van der Waals surface area contributed by atoms with Crippen LogP contribution in [0.25, 0.3) is 0 Å². The molecule has 0 radical (unpaired) electrons. The van der Waals surface area contributed by atoms with E-state index in [2.05, 4.69) is 17.6 Å². The molecule has 2 rings (SSSR count). The van der Waals surface area contributed by atoms with Gasteiger partial charge in [0.2, 0.25) is 5.91 Å². The van der Waals surface area contributed by atoms with E-state index in [4.69, 9.17) is 0 Å². The molecule has 1 heterocycles. The first kappa shape index (κ1) is 18.3. The van der Waals surface area contributed by atoms with E-state index in [-0.39, 0.29) is 18.0 Å². The Morgan fingerprint density at radius 2 is 2.00 bits per heavy atom. The van der Waals surface area contributed by atoms with Gasteiger partial charge in [0.25, 0.3) is 0 Å². The average molecular weight is 331 g/mol. The predicted octanol–water partition coefficient (Wildman–Crippen LogP) is 3.58. The molecule has 1 unspecified atom stereocenters. The number of amides is 3. The number of unbranched alkanes of at least 4 members (excludes halogenated alkanes) is 2. The number of hydrogen-bond acceptors (Lipinski definition) is 2. The number of urea groups is 1. The molecule has 1 saturated heterocycles. The highest BCUT2D eigenvalue weighted by atomic mass is 16.2. The number of nitrogens with zero attached hydrogens (tertiary/aromatic N) is 1. The number of rotatable bonds is 8. The molecule has 1 fully saturated rings. The SMILES string of the molecule is CCCCCC(C)NC(=O)NCc1ccc(N2CCCC2=O)cc1. The first-order chi connectivity index (χ1) is 11.6. The third-order valence-corrected chi connectivity index (χ3v) is 4.39. The highest BCUT2D eigenvalue weighted by Crippen LogP contribution is 2.21. The van der Waals surface area contributed by atoms with Gasteiger partial charge >= 0.3 is 6.03 Å². The van der Waals surface area contributed by atoms with E-state index in [1.807, 2.05) is 36.1 Å². The van der Waals surface area contributed by atoms with Gasteiger partial charge in [-0.3, -0.25) is 4.79 Å². The fourth-order valence-corrected chi connectivity index (χ4v) is 2.94. The number of anilines is 1. The minimum absolute atomic E-state index is 0.127. The standard InChI is InChI=1S/C19H29N3O2/c1-3-4-5-7-15(2)21-19(24)20-14-16-9-11-17(12-10-16)22-13-6-8-18(22)23/h9-12,15H,3-8,13-14H2,1-2H3,(H2,20,21,24). The fraction of sp³-hybridized carbons (Fsp3) is 0.579. The topological polar surface area (TPSA) is 61.4 Å². The number of hydrogen-bond donors (Lipinski definition) is 2. The van der Waals surface area contributed by atoms with Crippen LogP contribution in [-0.4, -0.2) is 24.5 Å². The Morgan fingerprint density at radius 3 is 2.62 bits per heavy atom. The molecule has 1 atom stereocenters. The molecule has 0 aromatic heterocycles. The van der Waals surface area contributed by atoms with Gasteiger partial charge < -0.3 is 15.5 Å². The third kappa shape index (κ3) is 5.55. The Kier molecular flexibility index (Phi) is 7.09. The maximum Gasteiger partial charge on any atom is 0.315 e. The lowest BCUT2D eigenvalue weighted by Crippen LogP contribution is -2.40. The molecule has 5 heteroatoms. The first-order valence-electron chi connectivity index (χ1n) is 9.04. The van der Waals surface area contributed by atoms with Gasteiger partial charge in [0, 0.05) is 31.2 Å². The van der Waals surface area contributed by atoms with Crippen LogP contribution in [0.5, 0.6) is 0 Å². The van der Waals surface area contributed by atoms with Crippen LogP contribution in [0.1, 0.15) is 57.9 Å². The Balaban J connectivity index is 1.73. The number of benzene rings is 1. The van der Waals surface area contributed by atoms with Crippen LogP contribution in [-0.2, 0) is 11.3 Å². The Bertz CT molecular complexity index is 542. The molecule has 5 nitrogen and oxygen atoms in total. The zero-order valence-electron chi connectivity index (χ0n) is 14.8. The quantitative estimate of drug-likeness (QED) is 0.715. The summed E-state index contributed by atoms with van der Waals surface area (Å²) in [6.07, 6.45) is 6.13. The van der Waals surface area contributed by atoms with Crippen molar-refractivity contribution < 1.29 is 9.59 Å². The van der Waals surface area contributed by atoms with Crippen molar-refractivity contribution in [3.05, 3.63) is 29.8 Å². The monoisotopic (exact) mass is 331 g/mol. The van der Waals surface area contributed by atoms with Crippen molar-refractivity contribution in [2.75, 3.05) is 11.4 Å². The predicted molar refractivity (Wildman–Crippen MR) is 97.0 cm³/mol. The molecule has 3 amide bonds. The van der Waals surface area contributed by atoms with Gasteiger partial charge in [0.15, 0.2) is 0 Å². The first-order valence-corrected chi connectivity index (χ1v) is 9.04. The minimum Gasteiger partial charge on any atom is -0.336 e. The Labute approximate surface area is 144 Å². The molecule has 1 aromatic rings. The van der Waals surface area contributed by atoms with E-state index in [0.29, 0.717) is 13.0 Å². The molecule has 0 saturated carbocycles. The highest BCUT2D eigenvalue weighted by molar-refractivity contribution is 5.95. The molecule has 0 bridgehead atoms. The van der Waals surface area contributed by atoms with Gasteiger partial charge in [-0.25, -0.2) is 4.79 Å². The molecule has 0 aliphatic carbocycles. The molecule has 1 aliphatic rings. The summed E-state index contributed by atoms with van der Waals surface area (Å²) < 4.78 is 0. The van der Waals surface area contributed by atoms with E-state index < -0.39 is 0 Å². The van der Waals surface area contributed by atoms with Crippen LogP contribution >= 0.6 is 0 Å². The molecule has 132 valence electrons. The lowest BCUT2D eigenvalue weighted by molar-refractivity contribution is -0.117. The van der Waals surface area contributed by atoms with Crippen LogP contribution in [0.2, 0.25) is 0 Å². The van der Waals surface area contributed by atoms with Crippen molar-refractivity contribution >= 4 is 17.6 Å². The zero-order valence-corrected chi connectivity index (χ0v) is 14.8. The van der Waals surface area contributed by atoms with Crippen molar-refractivity contribution in [3.8, 4) is 0 Å². The maximum absolute atomic E-state index is 11.9. The van der Waals surface area contributed by atoms with Gasteiger partial charge in [-0.1, -0.05) is 38.3 Å². The van der Waals surface area contributed by atoms with E-state index in [1.54, 1.807) is 0 Å².